The minimum absolute atomic E-state index is 0.205. The Morgan fingerprint density at radius 3 is 2.52 bits per heavy atom. The van der Waals surface area contributed by atoms with Gasteiger partial charge in [-0.3, -0.25) is 9.88 Å². The molecule has 0 radical (unpaired) electrons. The summed E-state index contributed by atoms with van der Waals surface area (Å²) in [5, 5.41) is 13.3. The third-order valence-electron chi connectivity index (χ3n) is 5.01. The van der Waals surface area contributed by atoms with E-state index in [2.05, 4.69) is 45.5 Å². The first kappa shape index (κ1) is 18.1. The lowest BCUT2D eigenvalue weighted by Gasteiger charge is -2.33. The van der Waals surface area contributed by atoms with Crippen molar-refractivity contribution >= 4 is 0 Å². The van der Waals surface area contributed by atoms with Crippen LogP contribution < -0.4 is 5.32 Å². The molecule has 1 unspecified atom stereocenters. The number of pyridine rings is 1. The Morgan fingerprint density at radius 1 is 1.08 bits per heavy atom. The number of aromatic nitrogens is 1. The molecule has 1 aromatic heterocycles. The van der Waals surface area contributed by atoms with Gasteiger partial charge in [0.1, 0.15) is 0 Å². The molecule has 134 valence electrons. The Bertz CT molecular complexity index is 597. The Hall–Kier alpha value is -1.75. The zero-order valence-electron chi connectivity index (χ0n) is 14.8. The van der Waals surface area contributed by atoms with Crippen molar-refractivity contribution in [3.8, 4) is 0 Å². The van der Waals surface area contributed by atoms with Gasteiger partial charge in [0.2, 0.25) is 0 Å². The summed E-state index contributed by atoms with van der Waals surface area (Å²) in [4.78, 5) is 6.90. The van der Waals surface area contributed by atoms with Gasteiger partial charge in [-0.1, -0.05) is 36.4 Å². The molecule has 1 aromatic carbocycles. The molecule has 1 aliphatic heterocycles. The van der Waals surface area contributed by atoms with Crippen LogP contribution >= 0.6 is 0 Å². The number of rotatable bonds is 8. The molecule has 1 aliphatic rings. The standard InChI is InChI=1S/C21H29N3O/c25-17-19(14-21-8-4-5-11-22-21)15-23-20-9-12-24(13-10-20)16-18-6-2-1-3-7-18/h1-8,11,19-20,23,25H,9-10,12-17H2. The van der Waals surface area contributed by atoms with Crippen molar-refractivity contribution in [2.24, 2.45) is 5.92 Å². The highest BCUT2D eigenvalue weighted by Crippen LogP contribution is 2.14. The molecule has 1 fully saturated rings. The van der Waals surface area contributed by atoms with E-state index < -0.39 is 0 Å². The van der Waals surface area contributed by atoms with E-state index in [1.807, 2.05) is 24.4 Å². The highest BCUT2D eigenvalue weighted by molar-refractivity contribution is 5.14. The molecule has 0 spiro atoms. The summed E-state index contributed by atoms with van der Waals surface area (Å²) in [7, 11) is 0. The van der Waals surface area contributed by atoms with Crippen molar-refractivity contribution in [2.75, 3.05) is 26.2 Å². The summed E-state index contributed by atoms with van der Waals surface area (Å²) in [5.74, 6) is 0.234. The number of aliphatic hydroxyl groups excluding tert-OH is 1. The molecule has 2 aromatic rings. The second-order valence-electron chi connectivity index (χ2n) is 7.02. The Kier molecular flexibility index (Phi) is 6.98. The van der Waals surface area contributed by atoms with E-state index >= 15 is 0 Å². The maximum atomic E-state index is 9.65. The third kappa shape index (κ3) is 5.92. The molecule has 4 heteroatoms. The number of benzene rings is 1. The van der Waals surface area contributed by atoms with E-state index in [0.717, 1.165) is 38.3 Å². The minimum atomic E-state index is 0.205. The number of likely N-dealkylation sites (tertiary alicyclic amines) is 1. The quantitative estimate of drug-likeness (QED) is 0.776. The van der Waals surface area contributed by atoms with Crippen molar-refractivity contribution in [3.63, 3.8) is 0 Å². The maximum absolute atomic E-state index is 9.65. The fourth-order valence-electron chi connectivity index (χ4n) is 3.49. The van der Waals surface area contributed by atoms with Crippen LogP contribution in [0.25, 0.3) is 0 Å². The van der Waals surface area contributed by atoms with Crippen LogP contribution in [0.5, 0.6) is 0 Å². The van der Waals surface area contributed by atoms with Crippen LogP contribution in [0.4, 0.5) is 0 Å². The van der Waals surface area contributed by atoms with Crippen LogP contribution in [0.15, 0.2) is 54.7 Å². The van der Waals surface area contributed by atoms with Crippen LogP contribution in [0.1, 0.15) is 24.1 Å². The van der Waals surface area contributed by atoms with E-state index in [9.17, 15) is 5.11 Å². The van der Waals surface area contributed by atoms with E-state index in [0.29, 0.717) is 6.04 Å². The second kappa shape index (κ2) is 9.66. The van der Waals surface area contributed by atoms with Gasteiger partial charge in [0, 0.05) is 37.6 Å². The summed E-state index contributed by atoms with van der Waals surface area (Å²) < 4.78 is 0. The average molecular weight is 339 g/mol. The molecule has 2 N–H and O–H groups in total. The summed E-state index contributed by atoms with van der Waals surface area (Å²) in [6.45, 7) is 4.38. The van der Waals surface area contributed by atoms with Gasteiger partial charge in [-0.25, -0.2) is 0 Å². The maximum Gasteiger partial charge on any atom is 0.0475 e. The molecule has 2 heterocycles. The number of hydrogen-bond acceptors (Lipinski definition) is 4. The lowest BCUT2D eigenvalue weighted by atomic mass is 10.0. The lowest BCUT2D eigenvalue weighted by molar-refractivity contribution is 0.176. The SMILES string of the molecule is OCC(CNC1CCN(Cc2ccccc2)CC1)Cc1ccccn1. The first-order valence-electron chi connectivity index (χ1n) is 9.34. The van der Waals surface area contributed by atoms with Gasteiger partial charge in [0.15, 0.2) is 0 Å². The largest absolute Gasteiger partial charge is 0.396 e. The van der Waals surface area contributed by atoms with Crippen LogP contribution in [0, 0.1) is 5.92 Å². The molecule has 0 amide bonds. The Labute approximate surface area is 150 Å². The topological polar surface area (TPSA) is 48.4 Å². The van der Waals surface area contributed by atoms with Crippen molar-refractivity contribution < 1.29 is 5.11 Å². The highest BCUT2D eigenvalue weighted by Gasteiger charge is 2.20. The fraction of sp³-hybridized carbons (Fsp3) is 0.476. The molecular weight excluding hydrogens is 310 g/mol. The van der Waals surface area contributed by atoms with Gasteiger partial charge in [-0.2, -0.15) is 0 Å². The van der Waals surface area contributed by atoms with E-state index in [4.69, 9.17) is 0 Å². The van der Waals surface area contributed by atoms with Crippen molar-refractivity contribution in [3.05, 3.63) is 66.0 Å². The number of piperidine rings is 1. The highest BCUT2D eigenvalue weighted by atomic mass is 16.3. The first-order valence-corrected chi connectivity index (χ1v) is 9.34. The van der Waals surface area contributed by atoms with E-state index in [1.54, 1.807) is 0 Å². The molecule has 1 saturated heterocycles. The predicted molar refractivity (Wildman–Crippen MR) is 101 cm³/mol. The van der Waals surface area contributed by atoms with Crippen LogP contribution in [-0.2, 0) is 13.0 Å². The molecule has 0 bridgehead atoms. The molecular formula is C21H29N3O. The van der Waals surface area contributed by atoms with Crippen molar-refractivity contribution in [1.29, 1.82) is 0 Å². The molecule has 0 aliphatic carbocycles. The zero-order valence-corrected chi connectivity index (χ0v) is 14.8. The van der Waals surface area contributed by atoms with Gasteiger partial charge in [-0.05, 0) is 56.0 Å². The normalized spacial score (nSPS) is 17.5. The minimum Gasteiger partial charge on any atom is -0.396 e. The monoisotopic (exact) mass is 339 g/mol. The summed E-state index contributed by atoms with van der Waals surface area (Å²) in [6, 6.07) is 17.2. The molecule has 0 saturated carbocycles. The summed E-state index contributed by atoms with van der Waals surface area (Å²) in [5.41, 5.74) is 2.45. The number of aliphatic hydroxyl groups is 1. The van der Waals surface area contributed by atoms with Gasteiger partial charge in [0.25, 0.3) is 0 Å². The van der Waals surface area contributed by atoms with Crippen molar-refractivity contribution in [1.82, 2.24) is 15.2 Å². The number of nitrogens with one attached hydrogen (secondary N) is 1. The Morgan fingerprint density at radius 2 is 1.84 bits per heavy atom. The van der Waals surface area contributed by atoms with Gasteiger partial charge >= 0.3 is 0 Å². The average Bonchev–Trinajstić information content (AvgIpc) is 2.68. The molecule has 4 nitrogen and oxygen atoms in total. The van der Waals surface area contributed by atoms with E-state index in [1.165, 1.54) is 18.4 Å². The van der Waals surface area contributed by atoms with Crippen LogP contribution in [-0.4, -0.2) is 47.3 Å². The zero-order chi connectivity index (χ0) is 17.3. The van der Waals surface area contributed by atoms with Gasteiger partial charge < -0.3 is 10.4 Å². The number of nitrogens with zero attached hydrogens (tertiary/aromatic N) is 2. The second-order valence-corrected chi connectivity index (χ2v) is 7.02. The van der Waals surface area contributed by atoms with Crippen LogP contribution in [0.3, 0.4) is 0 Å². The summed E-state index contributed by atoms with van der Waals surface area (Å²) >= 11 is 0. The van der Waals surface area contributed by atoms with E-state index in [-0.39, 0.29) is 12.5 Å². The van der Waals surface area contributed by atoms with Crippen LogP contribution in [0.2, 0.25) is 0 Å². The molecule has 1 atom stereocenters. The number of hydrogen-bond donors (Lipinski definition) is 2. The smallest absolute Gasteiger partial charge is 0.0475 e. The molecule has 25 heavy (non-hydrogen) atoms. The lowest BCUT2D eigenvalue weighted by Crippen LogP contribution is -2.44. The first-order chi connectivity index (χ1) is 12.3. The summed E-state index contributed by atoms with van der Waals surface area (Å²) in [6.07, 6.45) is 5.00. The van der Waals surface area contributed by atoms with Gasteiger partial charge in [0.05, 0.1) is 0 Å². The van der Waals surface area contributed by atoms with Gasteiger partial charge in [-0.15, -0.1) is 0 Å². The fourth-order valence-corrected chi connectivity index (χ4v) is 3.49. The Balaban J connectivity index is 1.38. The third-order valence-corrected chi connectivity index (χ3v) is 5.01. The predicted octanol–water partition coefficient (Wildman–Crippen LogP) is 2.49. The van der Waals surface area contributed by atoms with Crippen molar-refractivity contribution in [2.45, 2.75) is 31.8 Å². The molecule has 3 rings (SSSR count).